The molecule has 0 unspecified atom stereocenters. The van der Waals surface area contributed by atoms with Crippen molar-refractivity contribution < 1.29 is 9.31 Å². The van der Waals surface area contributed by atoms with Crippen LogP contribution in [-0.4, -0.2) is 4.92 Å². The zero-order chi connectivity index (χ0) is 14.9. The number of para-hydroxylation sites is 1. The number of hydrogen-bond donors (Lipinski definition) is 1. The molecule has 0 fully saturated rings. The lowest BCUT2D eigenvalue weighted by Gasteiger charge is -2.10. The van der Waals surface area contributed by atoms with Gasteiger partial charge in [-0.2, -0.15) is 4.39 Å². The van der Waals surface area contributed by atoms with Gasteiger partial charge in [0.05, 0.1) is 25.7 Å². The van der Waals surface area contributed by atoms with Gasteiger partial charge in [-0.15, -0.1) is 0 Å². The van der Waals surface area contributed by atoms with Crippen molar-refractivity contribution in [3.05, 3.63) is 61.3 Å². The predicted octanol–water partition coefficient (Wildman–Crippen LogP) is 5.44. The fraction of sp³-hybridized carbons (Fsp3) is 0. The second-order valence-electron chi connectivity index (χ2n) is 3.76. The van der Waals surface area contributed by atoms with Crippen LogP contribution >= 0.6 is 34.8 Å². The quantitative estimate of drug-likeness (QED) is 0.462. The van der Waals surface area contributed by atoms with Crippen molar-refractivity contribution >= 4 is 51.9 Å². The highest BCUT2D eigenvalue weighted by Crippen LogP contribution is 2.36. The largest absolute Gasteiger partial charge is 0.349 e. The van der Waals surface area contributed by atoms with E-state index in [2.05, 4.69) is 5.32 Å². The summed E-state index contributed by atoms with van der Waals surface area (Å²) >= 11 is 17.6. The highest BCUT2D eigenvalue weighted by Gasteiger charge is 2.20. The Morgan fingerprint density at radius 2 is 1.70 bits per heavy atom. The third kappa shape index (κ3) is 2.95. The fourth-order valence-electron chi connectivity index (χ4n) is 1.57. The van der Waals surface area contributed by atoms with Gasteiger partial charge in [-0.25, -0.2) is 0 Å². The maximum absolute atomic E-state index is 13.5. The third-order valence-corrected chi connectivity index (χ3v) is 3.48. The zero-order valence-corrected chi connectivity index (χ0v) is 11.9. The molecule has 0 heterocycles. The molecule has 104 valence electrons. The van der Waals surface area contributed by atoms with E-state index in [1.54, 1.807) is 0 Å². The summed E-state index contributed by atoms with van der Waals surface area (Å²) in [7, 11) is 0. The average Bonchev–Trinajstić information content (AvgIpc) is 2.35. The lowest BCUT2D eigenvalue weighted by Crippen LogP contribution is -2.00. The van der Waals surface area contributed by atoms with E-state index in [0.29, 0.717) is 0 Å². The van der Waals surface area contributed by atoms with Crippen molar-refractivity contribution in [1.82, 2.24) is 0 Å². The molecule has 0 spiro atoms. The Balaban J connectivity index is 2.48. The molecule has 2 aromatic rings. The minimum Gasteiger partial charge on any atom is -0.349 e. The number of hydrogen-bond acceptors (Lipinski definition) is 3. The molecule has 1 N–H and O–H groups in total. The lowest BCUT2D eigenvalue weighted by molar-refractivity contribution is -0.386. The Kier molecular flexibility index (Phi) is 4.32. The van der Waals surface area contributed by atoms with E-state index in [1.807, 2.05) is 0 Å². The van der Waals surface area contributed by atoms with E-state index in [1.165, 1.54) is 24.3 Å². The van der Waals surface area contributed by atoms with Crippen LogP contribution in [0.5, 0.6) is 0 Å². The molecule has 0 atom stereocenters. The van der Waals surface area contributed by atoms with Crippen LogP contribution < -0.4 is 5.32 Å². The summed E-state index contributed by atoms with van der Waals surface area (Å²) in [6, 6.07) is 6.50. The average molecular weight is 336 g/mol. The van der Waals surface area contributed by atoms with Gasteiger partial charge in [0.25, 0.3) is 0 Å². The van der Waals surface area contributed by atoms with Gasteiger partial charge >= 0.3 is 5.69 Å². The molecular formula is C12H6Cl3FN2O2. The first-order valence-electron chi connectivity index (χ1n) is 5.24. The maximum Gasteiger partial charge on any atom is 0.327 e. The van der Waals surface area contributed by atoms with Gasteiger partial charge in [-0.05, 0) is 24.3 Å². The van der Waals surface area contributed by atoms with Crippen LogP contribution in [-0.2, 0) is 0 Å². The van der Waals surface area contributed by atoms with Crippen molar-refractivity contribution in [2.75, 3.05) is 5.32 Å². The van der Waals surface area contributed by atoms with Gasteiger partial charge in [0.2, 0.25) is 5.82 Å². The van der Waals surface area contributed by atoms with Crippen LogP contribution in [0.1, 0.15) is 0 Å². The molecule has 0 aliphatic carbocycles. The van der Waals surface area contributed by atoms with E-state index >= 15 is 0 Å². The Bertz CT molecular complexity index is 695. The highest BCUT2D eigenvalue weighted by atomic mass is 35.5. The molecule has 0 aliphatic rings. The van der Waals surface area contributed by atoms with Crippen LogP contribution in [0, 0.1) is 15.9 Å². The van der Waals surface area contributed by atoms with Crippen LogP contribution in [0.15, 0.2) is 30.3 Å². The number of nitro benzene ring substituents is 1. The first kappa shape index (κ1) is 14.8. The molecule has 0 bridgehead atoms. The lowest BCUT2D eigenvalue weighted by atomic mass is 10.2. The first-order valence-corrected chi connectivity index (χ1v) is 6.38. The molecule has 20 heavy (non-hydrogen) atoms. The summed E-state index contributed by atoms with van der Waals surface area (Å²) in [6.45, 7) is 0. The van der Waals surface area contributed by atoms with Crippen LogP contribution in [0.25, 0.3) is 0 Å². The topological polar surface area (TPSA) is 55.2 Å². The molecule has 2 rings (SSSR count). The molecule has 0 saturated carbocycles. The summed E-state index contributed by atoms with van der Waals surface area (Å²) in [6.07, 6.45) is 0. The standard InChI is InChI=1S/C12H6Cl3FN2O2/c13-6-4-8(15)11(5-7(6)14)17-10-3-1-2-9(16)12(10)18(19)20/h1-5,17H. The van der Waals surface area contributed by atoms with Gasteiger partial charge in [0, 0.05) is 0 Å². The fourth-order valence-corrected chi connectivity index (χ4v) is 2.16. The Morgan fingerprint density at radius 3 is 2.35 bits per heavy atom. The van der Waals surface area contributed by atoms with Gasteiger partial charge in [0.1, 0.15) is 5.69 Å². The van der Waals surface area contributed by atoms with E-state index in [9.17, 15) is 14.5 Å². The molecular weight excluding hydrogens is 330 g/mol. The first-order chi connectivity index (χ1) is 9.40. The van der Waals surface area contributed by atoms with E-state index in [-0.39, 0.29) is 26.4 Å². The molecule has 2 aromatic carbocycles. The van der Waals surface area contributed by atoms with Crippen molar-refractivity contribution in [2.45, 2.75) is 0 Å². The normalized spacial score (nSPS) is 10.4. The number of anilines is 2. The van der Waals surface area contributed by atoms with E-state index in [0.717, 1.165) is 6.07 Å². The van der Waals surface area contributed by atoms with Gasteiger partial charge in [0.15, 0.2) is 0 Å². The minimum atomic E-state index is -0.948. The third-order valence-electron chi connectivity index (χ3n) is 2.45. The maximum atomic E-state index is 13.5. The Labute approximate surface area is 128 Å². The summed E-state index contributed by atoms with van der Waals surface area (Å²) in [5, 5.41) is 14.2. The van der Waals surface area contributed by atoms with Crippen molar-refractivity contribution in [3.63, 3.8) is 0 Å². The second-order valence-corrected chi connectivity index (χ2v) is 4.99. The van der Waals surface area contributed by atoms with Crippen LogP contribution in [0.2, 0.25) is 15.1 Å². The van der Waals surface area contributed by atoms with Gasteiger partial charge in [-0.3, -0.25) is 10.1 Å². The van der Waals surface area contributed by atoms with Crippen molar-refractivity contribution in [2.24, 2.45) is 0 Å². The summed E-state index contributed by atoms with van der Waals surface area (Å²) in [5.74, 6) is -0.948. The van der Waals surface area contributed by atoms with Crippen LogP contribution in [0.3, 0.4) is 0 Å². The Hall–Kier alpha value is -1.56. The van der Waals surface area contributed by atoms with Gasteiger partial charge < -0.3 is 5.32 Å². The predicted molar refractivity (Wildman–Crippen MR) is 77.8 cm³/mol. The molecule has 0 aliphatic heterocycles. The number of nitro groups is 1. The van der Waals surface area contributed by atoms with E-state index in [4.69, 9.17) is 34.8 Å². The SMILES string of the molecule is O=[N+]([O-])c1c(F)cccc1Nc1cc(Cl)c(Cl)cc1Cl. The molecule has 0 radical (unpaired) electrons. The molecule has 0 aromatic heterocycles. The number of rotatable bonds is 3. The number of nitrogens with zero attached hydrogens (tertiary/aromatic N) is 1. The second kappa shape index (κ2) is 5.83. The van der Waals surface area contributed by atoms with Crippen molar-refractivity contribution in [1.29, 1.82) is 0 Å². The van der Waals surface area contributed by atoms with E-state index < -0.39 is 16.4 Å². The molecule has 8 heteroatoms. The summed E-state index contributed by atoms with van der Waals surface area (Å²) in [5.41, 5.74) is -0.417. The number of nitrogens with one attached hydrogen (secondary N) is 1. The number of benzene rings is 2. The summed E-state index contributed by atoms with van der Waals surface area (Å²) in [4.78, 5) is 10.1. The molecule has 4 nitrogen and oxygen atoms in total. The van der Waals surface area contributed by atoms with Crippen molar-refractivity contribution in [3.8, 4) is 0 Å². The monoisotopic (exact) mass is 334 g/mol. The minimum absolute atomic E-state index is 0.0321. The Morgan fingerprint density at radius 1 is 1.05 bits per heavy atom. The summed E-state index contributed by atoms with van der Waals surface area (Å²) < 4.78 is 13.5. The van der Waals surface area contributed by atoms with Gasteiger partial charge in [-0.1, -0.05) is 40.9 Å². The molecule has 0 amide bonds. The smallest absolute Gasteiger partial charge is 0.327 e. The zero-order valence-electron chi connectivity index (χ0n) is 9.66. The van der Waals surface area contributed by atoms with Crippen LogP contribution in [0.4, 0.5) is 21.5 Å². The molecule has 0 saturated heterocycles. The highest BCUT2D eigenvalue weighted by molar-refractivity contribution is 6.44. The number of halogens is 4.